The Morgan fingerprint density at radius 1 is 0.744 bits per heavy atom. The fraction of sp³-hybridized carbons (Fsp3) is 0.618. The van der Waals surface area contributed by atoms with Gasteiger partial charge in [-0.2, -0.15) is 0 Å². The molecule has 0 amide bonds. The molecule has 0 N–H and O–H groups in total. The Morgan fingerprint density at radius 2 is 1.31 bits per heavy atom. The molecule has 0 radical (unpaired) electrons. The molecule has 0 aliphatic carbocycles. The number of unbranched alkanes of at least 4 members (excludes halogenated alkanes) is 3. The van der Waals surface area contributed by atoms with Crippen molar-refractivity contribution in [1.82, 2.24) is 0 Å². The summed E-state index contributed by atoms with van der Waals surface area (Å²) in [7, 11) is 1.66. The number of aryl methyl sites for hydroxylation is 1. The van der Waals surface area contributed by atoms with Crippen LogP contribution in [0.3, 0.4) is 0 Å². The number of benzene rings is 2. The maximum atomic E-state index is 13.5. The predicted octanol–water partition coefficient (Wildman–Crippen LogP) is 9.38. The van der Waals surface area contributed by atoms with Gasteiger partial charge in [-0.15, -0.1) is 0 Å². The summed E-state index contributed by atoms with van der Waals surface area (Å²) in [4.78, 5) is 13.5. The Balaban J connectivity index is 2.29. The molecule has 2 aromatic carbocycles. The first kappa shape index (κ1) is 32.5. The molecule has 0 aliphatic heterocycles. The second kappa shape index (κ2) is 17.8. The zero-order valence-corrected chi connectivity index (χ0v) is 25.5. The molecule has 39 heavy (non-hydrogen) atoms. The number of carbonyl (C=O) groups excluding carboxylic acids is 1. The summed E-state index contributed by atoms with van der Waals surface area (Å²) in [5.74, 6) is 2.82. The highest BCUT2D eigenvalue weighted by Gasteiger charge is 2.20. The van der Waals surface area contributed by atoms with E-state index < -0.39 is 0 Å². The standard InChI is InChI=1S/C34H52O5/c1-8-11-16-25(4)37-29-23-28(34(33(24-29)36-7)39-27(6)18-13-10-3)21-22-31(35)30-19-14-15-20-32(30)38-26(5)17-12-9-2/h14-15,19-20,23-27H,8-13,16-18,21-22H2,1-7H3. The minimum absolute atomic E-state index is 0.0438. The molecular weight excluding hydrogens is 488 g/mol. The highest BCUT2D eigenvalue weighted by molar-refractivity contribution is 5.98. The van der Waals surface area contributed by atoms with Crippen molar-refractivity contribution in [3.63, 3.8) is 0 Å². The highest BCUT2D eigenvalue weighted by Crippen LogP contribution is 2.38. The summed E-state index contributed by atoms with van der Waals surface area (Å²) in [6.07, 6.45) is 10.7. The van der Waals surface area contributed by atoms with Gasteiger partial charge in [0.15, 0.2) is 17.3 Å². The van der Waals surface area contributed by atoms with E-state index in [0.717, 1.165) is 69.1 Å². The number of carbonyl (C=O) groups is 1. The Hall–Kier alpha value is -2.69. The lowest BCUT2D eigenvalue weighted by Crippen LogP contribution is -2.16. The predicted molar refractivity (Wildman–Crippen MR) is 161 cm³/mol. The van der Waals surface area contributed by atoms with Crippen LogP contribution in [0.15, 0.2) is 36.4 Å². The Bertz CT molecular complexity index is 986. The molecular formula is C34H52O5. The number of methoxy groups -OCH3 is 1. The number of hydrogen-bond acceptors (Lipinski definition) is 5. The number of ether oxygens (including phenoxy) is 4. The van der Waals surface area contributed by atoms with Crippen LogP contribution in [0.4, 0.5) is 0 Å². The lowest BCUT2D eigenvalue weighted by molar-refractivity contribution is 0.0975. The van der Waals surface area contributed by atoms with Gasteiger partial charge >= 0.3 is 0 Å². The van der Waals surface area contributed by atoms with Crippen LogP contribution >= 0.6 is 0 Å². The molecule has 5 heteroatoms. The van der Waals surface area contributed by atoms with Crippen LogP contribution < -0.4 is 18.9 Å². The van der Waals surface area contributed by atoms with Gasteiger partial charge in [-0.1, -0.05) is 71.4 Å². The molecule has 0 spiro atoms. The van der Waals surface area contributed by atoms with E-state index in [0.29, 0.717) is 35.7 Å². The van der Waals surface area contributed by atoms with E-state index in [4.69, 9.17) is 18.9 Å². The summed E-state index contributed by atoms with van der Waals surface area (Å²) >= 11 is 0. The first-order valence-corrected chi connectivity index (χ1v) is 15.2. The van der Waals surface area contributed by atoms with E-state index in [1.165, 1.54) is 0 Å². The van der Waals surface area contributed by atoms with E-state index in [2.05, 4.69) is 41.5 Å². The van der Waals surface area contributed by atoms with Crippen molar-refractivity contribution in [3.05, 3.63) is 47.5 Å². The maximum Gasteiger partial charge on any atom is 0.166 e. The lowest BCUT2D eigenvalue weighted by atomic mass is 10.0. The molecule has 2 aromatic rings. The fourth-order valence-electron chi connectivity index (χ4n) is 4.66. The third kappa shape index (κ3) is 11.1. The number of rotatable bonds is 20. The first-order chi connectivity index (χ1) is 18.8. The van der Waals surface area contributed by atoms with E-state index >= 15 is 0 Å². The molecule has 3 unspecified atom stereocenters. The topological polar surface area (TPSA) is 54.0 Å². The second-order valence-electron chi connectivity index (χ2n) is 10.7. The van der Waals surface area contributed by atoms with Crippen LogP contribution in [0.5, 0.6) is 23.0 Å². The number of Topliss-reactive ketones (excluding diaryl/α,β-unsaturated/α-hetero) is 1. The molecule has 2 rings (SSSR count). The van der Waals surface area contributed by atoms with Crippen molar-refractivity contribution < 1.29 is 23.7 Å². The summed E-state index contributed by atoms with van der Waals surface area (Å²) in [6.45, 7) is 12.8. The zero-order valence-electron chi connectivity index (χ0n) is 25.5. The second-order valence-corrected chi connectivity index (χ2v) is 10.7. The summed E-state index contributed by atoms with van der Waals surface area (Å²) < 4.78 is 24.7. The van der Waals surface area contributed by atoms with Gasteiger partial charge in [0.1, 0.15) is 11.5 Å². The highest BCUT2D eigenvalue weighted by atomic mass is 16.5. The quantitative estimate of drug-likeness (QED) is 0.157. The summed E-state index contributed by atoms with van der Waals surface area (Å²) in [5, 5.41) is 0. The van der Waals surface area contributed by atoms with Gasteiger partial charge in [0, 0.05) is 18.1 Å². The van der Waals surface area contributed by atoms with Crippen molar-refractivity contribution in [2.45, 2.75) is 130 Å². The molecule has 0 saturated heterocycles. The third-order valence-electron chi connectivity index (χ3n) is 7.01. The first-order valence-electron chi connectivity index (χ1n) is 15.2. The van der Waals surface area contributed by atoms with Crippen LogP contribution in [-0.4, -0.2) is 31.2 Å². The molecule has 3 atom stereocenters. The smallest absolute Gasteiger partial charge is 0.166 e. The van der Waals surface area contributed by atoms with Gasteiger partial charge in [0.2, 0.25) is 0 Å². The average Bonchev–Trinajstić information content (AvgIpc) is 2.93. The van der Waals surface area contributed by atoms with Gasteiger partial charge in [-0.05, 0) is 64.7 Å². The summed E-state index contributed by atoms with van der Waals surface area (Å²) in [6, 6.07) is 11.5. The van der Waals surface area contributed by atoms with Crippen LogP contribution in [0.2, 0.25) is 0 Å². The van der Waals surface area contributed by atoms with Gasteiger partial charge in [-0.3, -0.25) is 4.79 Å². The molecule has 0 aliphatic rings. The van der Waals surface area contributed by atoms with Crippen molar-refractivity contribution in [2.24, 2.45) is 0 Å². The van der Waals surface area contributed by atoms with E-state index in [9.17, 15) is 4.79 Å². The molecule has 0 heterocycles. The fourth-order valence-corrected chi connectivity index (χ4v) is 4.66. The normalized spacial score (nSPS) is 13.4. The van der Waals surface area contributed by atoms with Gasteiger partial charge < -0.3 is 18.9 Å². The molecule has 0 saturated carbocycles. The minimum Gasteiger partial charge on any atom is -0.493 e. The van der Waals surface area contributed by atoms with E-state index in [1.54, 1.807) is 7.11 Å². The molecule has 218 valence electrons. The van der Waals surface area contributed by atoms with Crippen molar-refractivity contribution in [2.75, 3.05) is 7.11 Å². The van der Waals surface area contributed by atoms with Crippen LogP contribution in [0, 0.1) is 0 Å². The monoisotopic (exact) mass is 540 g/mol. The van der Waals surface area contributed by atoms with E-state index in [1.807, 2.05) is 36.4 Å². The van der Waals surface area contributed by atoms with Crippen LogP contribution in [0.1, 0.15) is 122 Å². The molecule has 0 aromatic heterocycles. The Morgan fingerprint density at radius 3 is 1.90 bits per heavy atom. The van der Waals surface area contributed by atoms with Gasteiger partial charge in [0.05, 0.1) is 31.0 Å². The van der Waals surface area contributed by atoms with Crippen molar-refractivity contribution >= 4 is 5.78 Å². The summed E-state index contributed by atoms with van der Waals surface area (Å²) in [5.41, 5.74) is 1.56. The van der Waals surface area contributed by atoms with Crippen molar-refractivity contribution in [3.8, 4) is 23.0 Å². The number of ketones is 1. The maximum absolute atomic E-state index is 13.5. The minimum atomic E-state index is 0.0438. The number of para-hydroxylation sites is 1. The molecule has 0 bridgehead atoms. The molecule has 0 fully saturated rings. The Labute approximate surface area is 237 Å². The Kier molecular flexibility index (Phi) is 14.9. The van der Waals surface area contributed by atoms with E-state index in [-0.39, 0.29) is 24.1 Å². The SMILES string of the molecule is CCCCC(C)Oc1cc(CCC(=O)c2ccccc2OC(C)CCCC)c(OC(C)CCCC)c(OC)c1. The molecule has 5 nitrogen and oxygen atoms in total. The zero-order chi connectivity index (χ0) is 28.6. The van der Waals surface area contributed by atoms with Crippen molar-refractivity contribution in [1.29, 1.82) is 0 Å². The third-order valence-corrected chi connectivity index (χ3v) is 7.01. The van der Waals surface area contributed by atoms with Crippen LogP contribution in [-0.2, 0) is 6.42 Å². The van der Waals surface area contributed by atoms with Crippen LogP contribution in [0.25, 0.3) is 0 Å². The van der Waals surface area contributed by atoms with Gasteiger partial charge in [0.25, 0.3) is 0 Å². The average molecular weight is 541 g/mol. The lowest BCUT2D eigenvalue weighted by Gasteiger charge is -2.22. The number of hydrogen-bond donors (Lipinski definition) is 0. The largest absolute Gasteiger partial charge is 0.493 e. The van der Waals surface area contributed by atoms with Gasteiger partial charge in [-0.25, -0.2) is 0 Å².